The fraction of sp³-hybridized carbons (Fsp3) is 0.278. The van der Waals surface area contributed by atoms with Crippen molar-refractivity contribution < 1.29 is 9.47 Å². The first kappa shape index (κ1) is 16.2. The van der Waals surface area contributed by atoms with Crippen molar-refractivity contribution in [2.45, 2.75) is 18.8 Å². The van der Waals surface area contributed by atoms with Gasteiger partial charge in [0.1, 0.15) is 11.5 Å². The Hall–Kier alpha value is -2.18. The zero-order valence-electron chi connectivity index (χ0n) is 12.5. The molecule has 2 rings (SSSR count). The Morgan fingerprint density at radius 3 is 2.50 bits per heavy atom. The van der Waals surface area contributed by atoms with Gasteiger partial charge in [0, 0.05) is 5.02 Å². The van der Waals surface area contributed by atoms with Gasteiger partial charge in [-0.2, -0.15) is 5.26 Å². The molecule has 0 aromatic heterocycles. The highest BCUT2D eigenvalue weighted by molar-refractivity contribution is 6.30. The van der Waals surface area contributed by atoms with Gasteiger partial charge in [-0.05, 0) is 54.8 Å². The Bertz CT molecular complexity index is 634. The van der Waals surface area contributed by atoms with Crippen LogP contribution in [-0.4, -0.2) is 13.7 Å². The molecular formula is C18H18ClNO2. The molecule has 0 saturated heterocycles. The standard InChI is InChI=1S/C18H18ClNO2/c1-21-17-7-9-18(10-8-17)22-11-3-5-15(13-20)14-4-2-6-16(19)12-14/h2,4,6-10,12,15H,3,5,11H2,1H3. The summed E-state index contributed by atoms with van der Waals surface area (Å²) in [6.07, 6.45) is 1.55. The number of rotatable bonds is 7. The summed E-state index contributed by atoms with van der Waals surface area (Å²) in [5.74, 6) is 1.45. The quantitative estimate of drug-likeness (QED) is 0.688. The minimum Gasteiger partial charge on any atom is -0.497 e. The number of nitriles is 1. The number of benzene rings is 2. The minimum absolute atomic E-state index is 0.154. The number of methoxy groups -OCH3 is 1. The van der Waals surface area contributed by atoms with E-state index in [4.69, 9.17) is 21.1 Å². The van der Waals surface area contributed by atoms with Crippen LogP contribution < -0.4 is 9.47 Å². The molecule has 0 aliphatic carbocycles. The first-order valence-electron chi connectivity index (χ1n) is 7.15. The summed E-state index contributed by atoms with van der Waals surface area (Å²) in [6.45, 7) is 0.574. The number of ether oxygens (including phenoxy) is 2. The third-order valence-corrected chi connectivity index (χ3v) is 3.61. The molecule has 0 aliphatic heterocycles. The number of hydrogen-bond acceptors (Lipinski definition) is 3. The van der Waals surface area contributed by atoms with E-state index in [2.05, 4.69) is 6.07 Å². The molecule has 0 heterocycles. The summed E-state index contributed by atoms with van der Waals surface area (Å²) < 4.78 is 10.8. The first-order chi connectivity index (χ1) is 10.7. The maximum atomic E-state index is 9.30. The summed E-state index contributed by atoms with van der Waals surface area (Å²) in [4.78, 5) is 0. The lowest BCUT2D eigenvalue weighted by Crippen LogP contribution is -2.02. The number of halogens is 1. The fourth-order valence-electron chi connectivity index (χ4n) is 2.18. The van der Waals surface area contributed by atoms with Gasteiger partial charge in [-0.15, -0.1) is 0 Å². The Morgan fingerprint density at radius 1 is 1.14 bits per heavy atom. The third kappa shape index (κ3) is 4.68. The van der Waals surface area contributed by atoms with Gasteiger partial charge in [-0.25, -0.2) is 0 Å². The highest BCUT2D eigenvalue weighted by Crippen LogP contribution is 2.24. The van der Waals surface area contributed by atoms with Crippen LogP contribution in [0.5, 0.6) is 11.5 Å². The van der Waals surface area contributed by atoms with E-state index in [9.17, 15) is 5.26 Å². The van der Waals surface area contributed by atoms with Crippen LogP contribution in [0.3, 0.4) is 0 Å². The van der Waals surface area contributed by atoms with Crippen LogP contribution in [0.2, 0.25) is 5.02 Å². The predicted octanol–water partition coefficient (Wildman–Crippen LogP) is 4.81. The molecule has 4 heteroatoms. The zero-order valence-corrected chi connectivity index (χ0v) is 13.2. The number of nitrogens with zero attached hydrogens (tertiary/aromatic N) is 1. The molecule has 1 unspecified atom stereocenters. The molecule has 3 nitrogen and oxygen atoms in total. The minimum atomic E-state index is -0.154. The second-order valence-electron chi connectivity index (χ2n) is 4.90. The lowest BCUT2D eigenvalue weighted by atomic mass is 9.96. The third-order valence-electron chi connectivity index (χ3n) is 3.37. The van der Waals surface area contributed by atoms with Crippen LogP contribution in [-0.2, 0) is 0 Å². The highest BCUT2D eigenvalue weighted by atomic mass is 35.5. The van der Waals surface area contributed by atoms with Gasteiger partial charge < -0.3 is 9.47 Å². The maximum Gasteiger partial charge on any atom is 0.119 e. The van der Waals surface area contributed by atoms with E-state index >= 15 is 0 Å². The van der Waals surface area contributed by atoms with Crippen molar-refractivity contribution in [3.05, 3.63) is 59.1 Å². The zero-order chi connectivity index (χ0) is 15.8. The monoisotopic (exact) mass is 315 g/mol. The molecular weight excluding hydrogens is 298 g/mol. The van der Waals surface area contributed by atoms with E-state index in [1.165, 1.54) is 0 Å². The van der Waals surface area contributed by atoms with Crippen LogP contribution >= 0.6 is 11.6 Å². The molecule has 0 fully saturated rings. The van der Waals surface area contributed by atoms with Crippen LogP contribution in [0.25, 0.3) is 0 Å². The molecule has 0 spiro atoms. The van der Waals surface area contributed by atoms with Crippen molar-refractivity contribution in [3.63, 3.8) is 0 Å². The maximum absolute atomic E-state index is 9.30. The second kappa shape index (κ2) is 8.31. The molecule has 0 amide bonds. The Balaban J connectivity index is 1.80. The summed E-state index contributed by atoms with van der Waals surface area (Å²) in [7, 11) is 1.63. The van der Waals surface area contributed by atoms with Crippen molar-refractivity contribution >= 4 is 11.6 Å². The van der Waals surface area contributed by atoms with E-state index in [1.54, 1.807) is 7.11 Å². The average molecular weight is 316 g/mol. The topological polar surface area (TPSA) is 42.2 Å². The van der Waals surface area contributed by atoms with E-state index < -0.39 is 0 Å². The molecule has 2 aromatic rings. The molecule has 1 atom stereocenters. The largest absolute Gasteiger partial charge is 0.497 e. The van der Waals surface area contributed by atoms with Gasteiger partial charge >= 0.3 is 0 Å². The van der Waals surface area contributed by atoms with Crippen molar-refractivity contribution in [2.75, 3.05) is 13.7 Å². The normalized spacial score (nSPS) is 11.5. The van der Waals surface area contributed by atoms with Gasteiger partial charge in [0.25, 0.3) is 0 Å². The number of hydrogen-bond donors (Lipinski definition) is 0. The van der Waals surface area contributed by atoms with E-state index in [0.717, 1.165) is 29.9 Å². The van der Waals surface area contributed by atoms with Crippen molar-refractivity contribution in [1.82, 2.24) is 0 Å². The van der Waals surface area contributed by atoms with Crippen LogP contribution in [0.1, 0.15) is 24.3 Å². The summed E-state index contributed by atoms with van der Waals surface area (Å²) in [5.41, 5.74) is 0.958. The molecule has 114 valence electrons. The smallest absolute Gasteiger partial charge is 0.119 e. The van der Waals surface area contributed by atoms with Gasteiger partial charge in [0.2, 0.25) is 0 Å². The van der Waals surface area contributed by atoms with Gasteiger partial charge in [0.15, 0.2) is 0 Å². The van der Waals surface area contributed by atoms with Crippen LogP contribution in [0.4, 0.5) is 0 Å². The predicted molar refractivity (Wildman–Crippen MR) is 87.5 cm³/mol. The van der Waals surface area contributed by atoms with Crippen LogP contribution in [0.15, 0.2) is 48.5 Å². The van der Waals surface area contributed by atoms with Crippen molar-refractivity contribution in [2.24, 2.45) is 0 Å². The van der Waals surface area contributed by atoms with Gasteiger partial charge in [-0.1, -0.05) is 23.7 Å². The van der Waals surface area contributed by atoms with Crippen molar-refractivity contribution in [1.29, 1.82) is 5.26 Å². The summed E-state index contributed by atoms with van der Waals surface area (Å²) in [5, 5.41) is 9.96. The van der Waals surface area contributed by atoms with E-state index in [-0.39, 0.29) is 5.92 Å². The summed E-state index contributed by atoms with van der Waals surface area (Å²) in [6, 6.07) is 17.3. The molecule has 0 N–H and O–H groups in total. The van der Waals surface area contributed by atoms with Gasteiger partial charge in [0.05, 0.1) is 25.7 Å². The summed E-state index contributed by atoms with van der Waals surface area (Å²) >= 11 is 5.97. The molecule has 2 aromatic carbocycles. The molecule has 0 bridgehead atoms. The molecule has 0 saturated carbocycles. The first-order valence-corrected chi connectivity index (χ1v) is 7.52. The van der Waals surface area contributed by atoms with E-state index in [1.807, 2.05) is 48.5 Å². The molecule has 0 radical (unpaired) electrons. The van der Waals surface area contributed by atoms with Gasteiger partial charge in [-0.3, -0.25) is 0 Å². The highest BCUT2D eigenvalue weighted by Gasteiger charge is 2.10. The lowest BCUT2D eigenvalue weighted by molar-refractivity contribution is 0.304. The van der Waals surface area contributed by atoms with Crippen molar-refractivity contribution in [3.8, 4) is 17.6 Å². The lowest BCUT2D eigenvalue weighted by Gasteiger charge is -2.11. The molecule has 22 heavy (non-hydrogen) atoms. The fourth-order valence-corrected chi connectivity index (χ4v) is 2.38. The Labute approximate surface area is 136 Å². The van der Waals surface area contributed by atoms with E-state index in [0.29, 0.717) is 11.6 Å². The molecule has 0 aliphatic rings. The SMILES string of the molecule is COc1ccc(OCCCC(C#N)c2cccc(Cl)c2)cc1. The second-order valence-corrected chi connectivity index (χ2v) is 5.34. The Morgan fingerprint density at radius 2 is 1.86 bits per heavy atom. The van der Waals surface area contributed by atoms with Crippen LogP contribution in [0, 0.1) is 11.3 Å². The average Bonchev–Trinajstić information content (AvgIpc) is 2.55. The Kier molecular flexibility index (Phi) is 6.12.